The molecule has 1 aromatic carbocycles. The molecule has 0 radical (unpaired) electrons. The van der Waals surface area contributed by atoms with Crippen LogP contribution in [-0.2, 0) is 19.4 Å². The van der Waals surface area contributed by atoms with Crippen LogP contribution >= 0.6 is 0 Å². The first-order valence-corrected chi connectivity index (χ1v) is 11.4. The summed E-state index contributed by atoms with van der Waals surface area (Å²) in [6.45, 7) is 0. The number of hydrogen-bond donors (Lipinski definition) is 1. The fraction of sp³-hybridized carbons (Fsp3) is 0.524. The lowest BCUT2D eigenvalue weighted by molar-refractivity contribution is -0.137. The van der Waals surface area contributed by atoms with Gasteiger partial charge in [-0.2, -0.15) is 0 Å². The quantitative estimate of drug-likeness (QED) is 0.605. The Balaban J connectivity index is 1.86. The van der Waals surface area contributed by atoms with Gasteiger partial charge in [0, 0.05) is 25.0 Å². The molecule has 148 valence electrons. The molecule has 1 fully saturated rings. The summed E-state index contributed by atoms with van der Waals surface area (Å²) >= 11 is 0. The predicted octanol–water partition coefficient (Wildman–Crippen LogP) is 4.12. The highest BCUT2D eigenvalue weighted by Crippen LogP contribution is 2.34. The molecule has 27 heavy (non-hydrogen) atoms. The van der Waals surface area contributed by atoms with Crippen molar-refractivity contribution in [2.45, 2.75) is 56.3 Å². The molecular weight excluding hydrogens is 364 g/mol. The smallest absolute Gasteiger partial charge is 0.303 e. The van der Waals surface area contributed by atoms with E-state index >= 15 is 0 Å². The summed E-state index contributed by atoms with van der Waals surface area (Å²) in [7, 11) is -3.19. The summed E-state index contributed by atoms with van der Waals surface area (Å²) in [5.41, 5.74) is 0.925. The van der Waals surface area contributed by atoms with Gasteiger partial charge in [0.25, 0.3) is 0 Å². The van der Waals surface area contributed by atoms with Gasteiger partial charge in [-0.1, -0.05) is 43.5 Å². The highest BCUT2D eigenvalue weighted by atomic mass is 32.2. The number of rotatable bonds is 10. The summed E-state index contributed by atoms with van der Waals surface area (Å²) in [5, 5.41) is 8.64. The number of aliphatic carboxylic acids is 1. The van der Waals surface area contributed by atoms with Crippen molar-refractivity contribution in [1.82, 2.24) is 0 Å². The van der Waals surface area contributed by atoms with E-state index in [4.69, 9.17) is 5.11 Å². The highest BCUT2D eigenvalue weighted by Gasteiger charge is 2.32. The molecule has 2 atom stereocenters. The van der Waals surface area contributed by atoms with Gasteiger partial charge in [-0.15, -0.1) is 0 Å². The molecular formula is C21H28O5S. The van der Waals surface area contributed by atoms with Crippen LogP contribution in [0.25, 0.3) is 6.08 Å². The van der Waals surface area contributed by atoms with Crippen molar-refractivity contribution in [2.75, 3.05) is 6.26 Å². The third-order valence-electron chi connectivity index (χ3n) is 5.15. The molecule has 0 saturated heterocycles. The minimum absolute atomic E-state index is 0.0519. The number of carboxylic acid groups (broad SMARTS) is 1. The molecule has 0 amide bonds. The van der Waals surface area contributed by atoms with E-state index < -0.39 is 15.8 Å². The number of unbranched alkanes of at least 4 members (excludes halogenated alkanes) is 3. The van der Waals surface area contributed by atoms with Crippen LogP contribution in [0.1, 0.15) is 56.9 Å². The van der Waals surface area contributed by atoms with Gasteiger partial charge in [-0.3, -0.25) is 9.59 Å². The first-order valence-electron chi connectivity index (χ1n) is 9.50. The molecule has 1 N–H and O–H groups in total. The Morgan fingerprint density at radius 3 is 2.44 bits per heavy atom. The van der Waals surface area contributed by atoms with Gasteiger partial charge in [-0.05, 0) is 42.9 Å². The van der Waals surface area contributed by atoms with Gasteiger partial charge >= 0.3 is 5.97 Å². The molecule has 0 aromatic heterocycles. The van der Waals surface area contributed by atoms with E-state index in [0.717, 1.165) is 37.7 Å². The van der Waals surface area contributed by atoms with E-state index in [1.165, 1.54) is 6.26 Å². The molecule has 1 saturated carbocycles. The maximum Gasteiger partial charge on any atom is 0.303 e. The van der Waals surface area contributed by atoms with Gasteiger partial charge in [0.05, 0.1) is 4.90 Å². The predicted molar refractivity (Wildman–Crippen MR) is 105 cm³/mol. The fourth-order valence-electron chi connectivity index (χ4n) is 3.59. The van der Waals surface area contributed by atoms with Crippen LogP contribution in [0.2, 0.25) is 0 Å². The topological polar surface area (TPSA) is 88.5 Å². The standard InChI is InChI=1S/C21H28O5S/c1-27(25,26)18-13-9-16(10-14-18)8-11-17-12-15-20(22)19(17)6-4-2-3-5-7-21(23)24/h8-11,13-14,17,19H,2-7,12,15H2,1H3,(H,23,24)/t17-,19+/m1/s1. The van der Waals surface area contributed by atoms with Crippen molar-refractivity contribution >= 4 is 27.7 Å². The number of carbonyl (C=O) groups is 2. The second-order valence-corrected chi connectivity index (χ2v) is 9.34. The Hall–Kier alpha value is -1.95. The first kappa shape index (κ1) is 21.4. The Bertz CT molecular complexity index is 777. The van der Waals surface area contributed by atoms with Crippen molar-refractivity contribution in [3.63, 3.8) is 0 Å². The molecule has 0 spiro atoms. The number of allylic oxidation sites excluding steroid dienone is 1. The number of ketones is 1. The number of carbonyl (C=O) groups excluding carboxylic acids is 1. The van der Waals surface area contributed by atoms with E-state index in [1.54, 1.807) is 24.3 Å². The third kappa shape index (κ3) is 6.94. The lowest BCUT2D eigenvalue weighted by Crippen LogP contribution is -2.13. The molecule has 1 aromatic rings. The van der Waals surface area contributed by atoms with E-state index in [2.05, 4.69) is 6.08 Å². The SMILES string of the molecule is CS(=O)(=O)c1ccc(C=C[C@@H]2CCC(=O)[C@H]2CCCCCCC(=O)O)cc1. The molecule has 0 aliphatic heterocycles. The number of Topliss-reactive ketones (excluding diaryl/α,β-unsaturated/α-hetero) is 1. The van der Waals surface area contributed by atoms with E-state index in [1.807, 2.05) is 6.08 Å². The van der Waals surface area contributed by atoms with Crippen molar-refractivity contribution < 1.29 is 23.1 Å². The lowest BCUT2D eigenvalue weighted by atomic mass is 9.89. The molecule has 0 unspecified atom stereocenters. The fourth-order valence-corrected chi connectivity index (χ4v) is 4.23. The summed E-state index contributed by atoms with van der Waals surface area (Å²) < 4.78 is 23.0. The number of hydrogen-bond acceptors (Lipinski definition) is 4. The van der Waals surface area contributed by atoms with Crippen molar-refractivity contribution in [2.24, 2.45) is 11.8 Å². The van der Waals surface area contributed by atoms with Crippen molar-refractivity contribution in [1.29, 1.82) is 0 Å². The number of sulfone groups is 1. The zero-order valence-electron chi connectivity index (χ0n) is 15.8. The number of benzene rings is 1. The largest absolute Gasteiger partial charge is 0.481 e. The lowest BCUT2D eigenvalue weighted by Gasteiger charge is -2.14. The van der Waals surface area contributed by atoms with Gasteiger partial charge in [0.1, 0.15) is 5.78 Å². The average molecular weight is 393 g/mol. The summed E-state index contributed by atoms with van der Waals surface area (Å²) in [6.07, 6.45) is 11.3. The van der Waals surface area contributed by atoms with Gasteiger partial charge in [0.2, 0.25) is 0 Å². The maximum atomic E-state index is 12.2. The van der Waals surface area contributed by atoms with Crippen LogP contribution < -0.4 is 0 Å². The van der Waals surface area contributed by atoms with Gasteiger partial charge in [-0.25, -0.2) is 8.42 Å². The molecule has 0 heterocycles. The van der Waals surface area contributed by atoms with Crippen LogP contribution in [0.4, 0.5) is 0 Å². The van der Waals surface area contributed by atoms with Crippen LogP contribution in [-0.4, -0.2) is 31.5 Å². The van der Waals surface area contributed by atoms with Gasteiger partial charge < -0.3 is 5.11 Å². The molecule has 0 bridgehead atoms. The molecule has 5 nitrogen and oxygen atoms in total. The normalized spacial score (nSPS) is 20.4. The Morgan fingerprint density at radius 1 is 1.15 bits per heavy atom. The summed E-state index contributed by atoms with van der Waals surface area (Å²) in [4.78, 5) is 23.0. The highest BCUT2D eigenvalue weighted by molar-refractivity contribution is 7.90. The van der Waals surface area contributed by atoms with Crippen LogP contribution in [0, 0.1) is 11.8 Å². The number of carboxylic acids is 1. The molecule has 2 rings (SSSR count). The van der Waals surface area contributed by atoms with Gasteiger partial charge in [0.15, 0.2) is 9.84 Å². The minimum atomic E-state index is -3.19. The Morgan fingerprint density at radius 2 is 1.81 bits per heavy atom. The summed E-state index contributed by atoms with van der Waals surface area (Å²) in [6, 6.07) is 6.76. The maximum absolute atomic E-state index is 12.2. The summed E-state index contributed by atoms with van der Waals surface area (Å²) in [5.74, 6) is -0.152. The zero-order valence-corrected chi connectivity index (χ0v) is 16.6. The zero-order chi connectivity index (χ0) is 19.9. The minimum Gasteiger partial charge on any atom is -0.481 e. The molecule has 1 aliphatic carbocycles. The van der Waals surface area contributed by atoms with E-state index in [9.17, 15) is 18.0 Å². The van der Waals surface area contributed by atoms with E-state index in [0.29, 0.717) is 23.5 Å². The first-order chi connectivity index (χ1) is 12.8. The second kappa shape index (κ2) is 9.83. The second-order valence-electron chi connectivity index (χ2n) is 7.32. The van der Waals surface area contributed by atoms with Crippen LogP contribution in [0.5, 0.6) is 0 Å². The Kier molecular flexibility index (Phi) is 7.78. The molecule has 1 aliphatic rings. The van der Waals surface area contributed by atoms with Crippen molar-refractivity contribution in [3.8, 4) is 0 Å². The average Bonchev–Trinajstić information content (AvgIpc) is 2.95. The third-order valence-corrected chi connectivity index (χ3v) is 6.28. The molecule has 6 heteroatoms. The monoisotopic (exact) mass is 392 g/mol. The van der Waals surface area contributed by atoms with E-state index in [-0.39, 0.29) is 18.3 Å². The van der Waals surface area contributed by atoms with Crippen LogP contribution in [0.15, 0.2) is 35.2 Å². The van der Waals surface area contributed by atoms with Crippen LogP contribution in [0.3, 0.4) is 0 Å². The Labute approximate surface area is 161 Å². The van der Waals surface area contributed by atoms with Crippen molar-refractivity contribution in [3.05, 3.63) is 35.9 Å².